The van der Waals surface area contributed by atoms with E-state index >= 15 is 0 Å². The molecule has 0 aliphatic heterocycles. The van der Waals surface area contributed by atoms with Crippen molar-refractivity contribution in [2.75, 3.05) is 6.54 Å². The highest BCUT2D eigenvalue weighted by Gasteiger charge is 2.33. The van der Waals surface area contributed by atoms with Crippen LogP contribution in [-0.2, 0) is 0 Å². The Bertz CT molecular complexity index is 269. The number of hydrogen-bond acceptors (Lipinski definition) is 3. The van der Waals surface area contributed by atoms with Crippen molar-refractivity contribution >= 4 is 0 Å². The lowest BCUT2D eigenvalue weighted by molar-refractivity contribution is 0.458. The van der Waals surface area contributed by atoms with Crippen molar-refractivity contribution in [1.29, 1.82) is 0 Å². The molecule has 1 unspecified atom stereocenters. The van der Waals surface area contributed by atoms with Gasteiger partial charge in [-0.2, -0.15) is 0 Å². The molecule has 0 amide bonds. The fourth-order valence-corrected chi connectivity index (χ4v) is 1.67. The first kappa shape index (κ1) is 9.59. The molecule has 1 heterocycles. The third-order valence-corrected chi connectivity index (χ3v) is 2.57. The van der Waals surface area contributed by atoms with Crippen LogP contribution in [0.5, 0.6) is 0 Å². The third-order valence-electron chi connectivity index (χ3n) is 2.57. The molecule has 1 aromatic rings. The molecule has 3 heteroatoms. The van der Waals surface area contributed by atoms with Gasteiger partial charge in [-0.3, -0.25) is 0 Å². The molecule has 1 aliphatic carbocycles. The van der Waals surface area contributed by atoms with Crippen LogP contribution >= 0.6 is 0 Å². The molecule has 0 spiro atoms. The van der Waals surface area contributed by atoms with Gasteiger partial charge in [0.1, 0.15) is 5.82 Å². The molecule has 3 nitrogen and oxygen atoms in total. The Morgan fingerprint density at radius 1 is 1.43 bits per heavy atom. The average Bonchev–Trinajstić information content (AvgIpc) is 3.04. The lowest BCUT2D eigenvalue weighted by Gasteiger charge is -2.15. The Morgan fingerprint density at radius 2 is 2.14 bits per heavy atom. The predicted octanol–water partition coefficient (Wildman–Crippen LogP) is 1.93. The van der Waals surface area contributed by atoms with Crippen molar-refractivity contribution in [3.05, 3.63) is 24.3 Å². The second-order valence-corrected chi connectivity index (χ2v) is 3.88. The topological polar surface area (TPSA) is 37.8 Å². The van der Waals surface area contributed by atoms with Crippen molar-refractivity contribution in [3.8, 4) is 0 Å². The van der Waals surface area contributed by atoms with Crippen LogP contribution in [0.1, 0.15) is 38.1 Å². The quantitative estimate of drug-likeness (QED) is 0.772. The van der Waals surface area contributed by atoms with Crippen LogP contribution < -0.4 is 5.32 Å². The van der Waals surface area contributed by atoms with Crippen molar-refractivity contribution < 1.29 is 0 Å². The molecule has 76 valence electrons. The summed E-state index contributed by atoms with van der Waals surface area (Å²) in [5, 5.41) is 3.52. The van der Waals surface area contributed by atoms with Crippen LogP contribution in [0.15, 0.2) is 18.5 Å². The SMILES string of the molecule is CCCNC(c1ncccn1)C1CC1. The maximum absolute atomic E-state index is 4.32. The molecule has 1 saturated carbocycles. The number of nitrogens with one attached hydrogen (secondary N) is 1. The molecule has 0 radical (unpaired) electrons. The molecule has 14 heavy (non-hydrogen) atoms. The molecule has 1 atom stereocenters. The summed E-state index contributed by atoms with van der Waals surface area (Å²) in [6.07, 6.45) is 7.45. The van der Waals surface area contributed by atoms with E-state index in [2.05, 4.69) is 22.2 Å². The summed E-state index contributed by atoms with van der Waals surface area (Å²) in [7, 11) is 0. The van der Waals surface area contributed by atoms with Crippen LogP contribution in [0.25, 0.3) is 0 Å². The summed E-state index contributed by atoms with van der Waals surface area (Å²) >= 11 is 0. The van der Waals surface area contributed by atoms with Crippen molar-refractivity contribution in [2.45, 2.75) is 32.2 Å². The highest BCUT2D eigenvalue weighted by Crippen LogP contribution is 2.39. The first-order valence-corrected chi connectivity index (χ1v) is 5.42. The van der Waals surface area contributed by atoms with Gasteiger partial charge in [0.05, 0.1) is 6.04 Å². The van der Waals surface area contributed by atoms with E-state index in [1.54, 1.807) is 0 Å². The number of nitrogens with zero attached hydrogens (tertiary/aromatic N) is 2. The van der Waals surface area contributed by atoms with Gasteiger partial charge < -0.3 is 5.32 Å². The molecule has 0 saturated heterocycles. The highest BCUT2D eigenvalue weighted by atomic mass is 15.0. The summed E-state index contributed by atoms with van der Waals surface area (Å²) < 4.78 is 0. The van der Waals surface area contributed by atoms with E-state index in [0.29, 0.717) is 6.04 Å². The Kier molecular flexibility index (Phi) is 3.09. The van der Waals surface area contributed by atoms with Gasteiger partial charge in [-0.25, -0.2) is 9.97 Å². The molecule has 1 aliphatic rings. The normalized spacial score (nSPS) is 18.1. The van der Waals surface area contributed by atoms with Gasteiger partial charge in [-0.05, 0) is 37.8 Å². The largest absolute Gasteiger partial charge is 0.307 e. The molecular formula is C11H17N3. The summed E-state index contributed by atoms with van der Waals surface area (Å²) in [5.74, 6) is 1.73. The summed E-state index contributed by atoms with van der Waals surface area (Å²) in [6.45, 7) is 3.24. The van der Waals surface area contributed by atoms with Crippen LogP contribution in [0.3, 0.4) is 0 Å². The fraction of sp³-hybridized carbons (Fsp3) is 0.636. The van der Waals surface area contributed by atoms with Gasteiger partial charge in [0.15, 0.2) is 0 Å². The van der Waals surface area contributed by atoms with Gasteiger partial charge in [0.25, 0.3) is 0 Å². The van der Waals surface area contributed by atoms with Crippen molar-refractivity contribution in [3.63, 3.8) is 0 Å². The van der Waals surface area contributed by atoms with Gasteiger partial charge in [-0.15, -0.1) is 0 Å². The van der Waals surface area contributed by atoms with E-state index in [9.17, 15) is 0 Å². The third kappa shape index (κ3) is 2.29. The van der Waals surface area contributed by atoms with E-state index in [4.69, 9.17) is 0 Å². The summed E-state index contributed by atoms with van der Waals surface area (Å²) in [5.41, 5.74) is 0. The minimum absolute atomic E-state index is 0.385. The molecule has 2 rings (SSSR count). The van der Waals surface area contributed by atoms with E-state index in [1.165, 1.54) is 12.8 Å². The van der Waals surface area contributed by atoms with E-state index in [1.807, 2.05) is 18.5 Å². The Balaban J connectivity index is 2.02. The maximum atomic E-state index is 4.32. The van der Waals surface area contributed by atoms with Crippen LogP contribution in [0, 0.1) is 5.92 Å². The predicted molar refractivity (Wildman–Crippen MR) is 55.8 cm³/mol. The van der Waals surface area contributed by atoms with E-state index in [0.717, 1.165) is 24.7 Å². The van der Waals surface area contributed by atoms with Crippen LogP contribution in [0.4, 0.5) is 0 Å². The minimum atomic E-state index is 0.385. The monoisotopic (exact) mass is 191 g/mol. The standard InChI is InChI=1S/C11H17N3/c1-2-6-12-10(9-4-5-9)11-13-7-3-8-14-11/h3,7-10,12H,2,4-6H2,1H3. The number of hydrogen-bond donors (Lipinski definition) is 1. The van der Waals surface area contributed by atoms with E-state index in [-0.39, 0.29) is 0 Å². The first-order chi connectivity index (χ1) is 6.92. The Hall–Kier alpha value is -0.960. The van der Waals surface area contributed by atoms with Gasteiger partial charge in [0.2, 0.25) is 0 Å². The molecule has 0 aromatic carbocycles. The lowest BCUT2D eigenvalue weighted by Crippen LogP contribution is -2.25. The Morgan fingerprint density at radius 3 is 2.71 bits per heavy atom. The fourth-order valence-electron chi connectivity index (χ4n) is 1.67. The molecular weight excluding hydrogens is 174 g/mol. The minimum Gasteiger partial charge on any atom is -0.307 e. The molecule has 1 fully saturated rings. The van der Waals surface area contributed by atoms with Crippen molar-refractivity contribution in [1.82, 2.24) is 15.3 Å². The zero-order valence-electron chi connectivity index (χ0n) is 8.61. The second-order valence-electron chi connectivity index (χ2n) is 3.88. The summed E-state index contributed by atoms with van der Waals surface area (Å²) in [4.78, 5) is 8.64. The molecule has 1 N–H and O–H groups in total. The first-order valence-electron chi connectivity index (χ1n) is 5.42. The zero-order chi connectivity index (χ0) is 9.80. The van der Waals surface area contributed by atoms with Gasteiger partial charge in [-0.1, -0.05) is 6.92 Å². The van der Waals surface area contributed by atoms with E-state index < -0.39 is 0 Å². The summed E-state index contributed by atoms with van der Waals surface area (Å²) in [6, 6.07) is 2.25. The maximum Gasteiger partial charge on any atom is 0.145 e. The lowest BCUT2D eigenvalue weighted by atomic mass is 10.1. The number of aromatic nitrogens is 2. The van der Waals surface area contributed by atoms with Crippen LogP contribution in [0.2, 0.25) is 0 Å². The Labute approximate surface area is 85.0 Å². The van der Waals surface area contributed by atoms with Gasteiger partial charge >= 0.3 is 0 Å². The van der Waals surface area contributed by atoms with Crippen LogP contribution in [-0.4, -0.2) is 16.5 Å². The highest BCUT2D eigenvalue weighted by molar-refractivity contribution is 5.02. The van der Waals surface area contributed by atoms with Gasteiger partial charge in [0, 0.05) is 12.4 Å². The van der Waals surface area contributed by atoms with Crippen molar-refractivity contribution in [2.24, 2.45) is 5.92 Å². The smallest absolute Gasteiger partial charge is 0.145 e. The average molecular weight is 191 g/mol. The zero-order valence-corrected chi connectivity index (χ0v) is 8.61. The molecule has 1 aromatic heterocycles. The number of rotatable bonds is 5. The molecule has 0 bridgehead atoms. The second kappa shape index (κ2) is 4.51.